The molecule has 0 aromatic carbocycles. The summed E-state index contributed by atoms with van der Waals surface area (Å²) < 4.78 is 60.4. The Labute approximate surface area is 139 Å². The van der Waals surface area contributed by atoms with Gasteiger partial charge in [0.05, 0.1) is 12.6 Å². The van der Waals surface area contributed by atoms with E-state index in [4.69, 9.17) is 8.92 Å². The van der Waals surface area contributed by atoms with Gasteiger partial charge in [0.15, 0.2) is 0 Å². The van der Waals surface area contributed by atoms with Crippen molar-refractivity contribution in [3.63, 3.8) is 0 Å². The second-order valence-electron chi connectivity index (χ2n) is 6.22. The molecule has 1 saturated heterocycles. The molecule has 24 heavy (non-hydrogen) atoms. The van der Waals surface area contributed by atoms with Crippen molar-refractivity contribution in [1.82, 2.24) is 9.29 Å². The molecule has 1 aliphatic rings. The lowest BCUT2D eigenvalue weighted by Gasteiger charge is -2.25. The number of hydrogen-bond acceptors (Lipinski definition) is 5. The highest BCUT2D eigenvalue weighted by atomic mass is 32.2. The summed E-state index contributed by atoms with van der Waals surface area (Å²) in [5, 5.41) is 0. The van der Waals surface area contributed by atoms with E-state index in [1.54, 1.807) is 20.8 Å². The molecule has 1 fully saturated rings. The molecule has 0 bridgehead atoms. The molecule has 2 unspecified atom stereocenters. The van der Waals surface area contributed by atoms with Gasteiger partial charge < -0.3 is 4.74 Å². The third-order valence-electron chi connectivity index (χ3n) is 3.01. The molecule has 0 N–H and O–H groups in total. The monoisotopic (exact) mass is 366 g/mol. The molecule has 1 aromatic rings. The van der Waals surface area contributed by atoms with Crippen LogP contribution in [0.4, 0.5) is 18.0 Å². The summed E-state index contributed by atoms with van der Waals surface area (Å²) in [6, 6.07) is 1.52. The third-order valence-corrected chi connectivity index (χ3v) is 4.12. The van der Waals surface area contributed by atoms with E-state index in [1.807, 2.05) is 0 Å². The molecule has 1 aromatic heterocycles. The number of hydrogen-bond donors (Lipinski definition) is 0. The highest BCUT2D eigenvalue weighted by Crippen LogP contribution is 2.28. The number of aromatic nitrogens is 1. The summed E-state index contributed by atoms with van der Waals surface area (Å²) in [5.74, 6) is 0. The Morgan fingerprint density at radius 2 is 2.08 bits per heavy atom. The zero-order valence-corrected chi connectivity index (χ0v) is 14.1. The van der Waals surface area contributed by atoms with Crippen LogP contribution in [-0.2, 0) is 32.8 Å². The molecule has 0 aliphatic carbocycles. The SMILES string of the molecule is CC(C)(C)OC(=O)N1C(Cc2ccc(C(F)(F)F)nc2)COS1=O. The van der Waals surface area contributed by atoms with Crippen LogP contribution in [0.1, 0.15) is 32.0 Å². The summed E-state index contributed by atoms with van der Waals surface area (Å²) in [5.41, 5.74) is -1.31. The molecule has 2 rings (SSSR count). The maximum atomic E-state index is 12.5. The Kier molecular flexibility index (Phi) is 5.19. The molecule has 1 aliphatic heterocycles. The number of ether oxygens (including phenoxy) is 1. The summed E-state index contributed by atoms with van der Waals surface area (Å²) in [6.07, 6.45) is -4.09. The van der Waals surface area contributed by atoms with Crippen LogP contribution in [0.15, 0.2) is 18.3 Å². The number of carbonyl (C=O) groups is 1. The Hall–Kier alpha value is -1.68. The summed E-state index contributed by atoms with van der Waals surface area (Å²) >= 11 is -1.99. The second-order valence-corrected chi connectivity index (χ2v) is 7.28. The van der Waals surface area contributed by atoms with E-state index in [1.165, 1.54) is 6.07 Å². The predicted octanol–water partition coefficient (Wildman–Crippen LogP) is 2.86. The number of alkyl halides is 3. The van der Waals surface area contributed by atoms with E-state index in [0.29, 0.717) is 5.56 Å². The lowest BCUT2D eigenvalue weighted by molar-refractivity contribution is -0.141. The van der Waals surface area contributed by atoms with E-state index in [9.17, 15) is 22.2 Å². The topological polar surface area (TPSA) is 68.7 Å². The van der Waals surface area contributed by atoms with E-state index in [2.05, 4.69) is 4.98 Å². The zero-order valence-electron chi connectivity index (χ0n) is 13.3. The minimum atomic E-state index is -4.51. The van der Waals surface area contributed by atoms with Gasteiger partial charge in [-0.1, -0.05) is 6.07 Å². The van der Waals surface area contributed by atoms with Gasteiger partial charge in [0.2, 0.25) is 0 Å². The van der Waals surface area contributed by atoms with Crippen LogP contribution in [0.2, 0.25) is 0 Å². The lowest BCUT2D eigenvalue weighted by atomic mass is 10.1. The first kappa shape index (κ1) is 18.7. The van der Waals surface area contributed by atoms with Crippen LogP contribution >= 0.6 is 0 Å². The van der Waals surface area contributed by atoms with Gasteiger partial charge in [-0.25, -0.2) is 9.00 Å². The van der Waals surface area contributed by atoms with Crippen molar-refractivity contribution in [3.05, 3.63) is 29.6 Å². The summed E-state index contributed by atoms with van der Waals surface area (Å²) in [4.78, 5) is 15.5. The molecule has 0 spiro atoms. The van der Waals surface area contributed by atoms with Gasteiger partial charge in [-0.15, -0.1) is 0 Å². The van der Waals surface area contributed by atoms with Gasteiger partial charge in [0.25, 0.3) is 11.3 Å². The minimum absolute atomic E-state index is 0.00707. The maximum Gasteiger partial charge on any atom is 0.433 e. The lowest BCUT2D eigenvalue weighted by Crippen LogP contribution is -2.41. The molecular weight excluding hydrogens is 349 g/mol. The van der Waals surface area contributed by atoms with E-state index in [-0.39, 0.29) is 13.0 Å². The van der Waals surface area contributed by atoms with Crippen LogP contribution in [0.25, 0.3) is 0 Å². The molecule has 2 atom stereocenters. The van der Waals surface area contributed by atoms with Crippen molar-refractivity contribution in [2.45, 2.75) is 45.0 Å². The quantitative estimate of drug-likeness (QED) is 0.805. The largest absolute Gasteiger partial charge is 0.443 e. The van der Waals surface area contributed by atoms with Gasteiger partial charge >= 0.3 is 12.3 Å². The standard InChI is InChI=1S/C14H17F3N2O4S/c1-13(2,3)23-12(20)19-10(8-22-24(19)21)6-9-4-5-11(18-7-9)14(15,16)17/h4-5,7,10H,6,8H2,1-3H3. The van der Waals surface area contributed by atoms with Crippen LogP contribution < -0.4 is 0 Å². The van der Waals surface area contributed by atoms with Gasteiger partial charge in [-0.2, -0.15) is 17.5 Å². The number of pyridine rings is 1. The van der Waals surface area contributed by atoms with E-state index >= 15 is 0 Å². The average molecular weight is 366 g/mol. The van der Waals surface area contributed by atoms with Crippen molar-refractivity contribution in [2.75, 3.05) is 6.61 Å². The van der Waals surface area contributed by atoms with Crippen LogP contribution in [0, 0.1) is 0 Å². The zero-order chi connectivity index (χ0) is 18.1. The average Bonchev–Trinajstić information content (AvgIpc) is 2.77. The third kappa shape index (κ3) is 4.67. The first-order valence-corrected chi connectivity index (χ1v) is 8.10. The summed E-state index contributed by atoms with van der Waals surface area (Å²) in [7, 11) is 0. The highest BCUT2D eigenvalue weighted by molar-refractivity contribution is 7.78. The van der Waals surface area contributed by atoms with Crippen LogP contribution in [-0.4, -0.2) is 37.8 Å². The van der Waals surface area contributed by atoms with Crippen molar-refractivity contribution >= 4 is 17.4 Å². The Bertz CT molecular complexity index is 628. The molecule has 134 valence electrons. The van der Waals surface area contributed by atoms with Gasteiger partial charge in [-0.3, -0.25) is 9.17 Å². The van der Waals surface area contributed by atoms with Gasteiger partial charge in [-0.05, 0) is 38.8 Å². The Morgan fingerprint density at radius 3 is 2.58 bits per heavy atom. The van der Waals surface area contributed by atoms with Crippen molar-refractivity contribution < 1.29 is 31.1 Å². The molecule has 10 heteroatoms. The number of nitrogens with zero attached hydrogens (tertiary/aromatic N) is 2. The first-order chi connectivity index (χ1) is 11.0. The maximum absolute atomic E-state index is 12.5. The van der Waals surface area contributed by atoms with Gasteiger partial charge in [0, 0.05) is 6.20 Å². The fourth-order valence-electron chi connectivity index (χ4n) is 2.03. The second kappa shape index (κ2) is 6.67. The van der Waals surface area contributed by atoms with Crippen molar-refractivity contribution in [2.24, 2.45) is 0 Å². The first-order valence-electron chi connectivity index (χ1n) is 7.07. The normalized spacial score (nSPS) is 21.8. The molecular formula is C14H17F3N2O4S. The number of rotatable bonds is 2. The fourth-order valence-corrected chi connectivity index (χ4v) is 2.95. The summed E-state index contributed by atoms with van der Waals surface area (Å²) in [6.45, 7) is 4.99. The van der Waals surface area contributed by atoms with Crippen molar-refractivity contribution in [1.29, 1.82) is 0 Å². The van der Waals surface area contributed by atoms with Crippen LogP contribution in [0.5, 0.6) is 0 Å². The smallest absolute Gasteiger partial charge is 0.433 e. The van der Waals surface area contributed by atoms with Crippen molar-refractivity contribution in [3.8, 4) is 0 Å². The van der Waals surface area contributed by atoms with E-state index < -0.39 is 40.9 Å². The molecule has 2 heterocycles. The Balaban J connectivity index is 2.10. The number of halogens is 3. The Morgan fingerprint density at radius 1 is 1.42 bits per heavy atom. The molecule has 1 amide bonds. The van der Waals surface area contributed by atoms with Gasteiger partial charge in [0.1, 0.15) is 11.3 Å². The van der Waals surface area contributed by atoms with E-state index in [0.717, 1.165) is 16.6 Å². The highest BCUT2D eigenvalue weighted by Gasteiger charge is 2.39. The minimum Gasteiger partial charge on any atom is -0.443 e. The molecule has 0 saturated carbocycles. The number of carbonyl (C=O) groups excluding carboxylic acids is 1. The predicted molar refractivity (Wildman–Crippen MR) is 78.9 cm³/mol. The van der Waals surface area contributed by atoms with Crippen LogP contribution in [0.3, 0.4) is 0 Å². The molecule has 6 nitrogen and oxygen atoms in total. The fraction of sp³-hybridized carbons (Fsp3) is 0.571. The molecule has 0 radical (unpaired) electrons. The number of amides is 1.